The summed E-state index contributed by atoms with van der Waals surface area (Å²) in [6.45, 7) is 4.60. The van der Waals surface area contributed by atoms with E-state index < -0.39 is 44.5 Å². The van der Waals surface area contributed by atoms with Gasteiger partial charge in [0.25, 0.3) is 5.69 Å². The molecule has 0 spiro atoms. The van der Waals surface area contributed by atoms with Crippen LogP contribution in [0.15, 0.2) is 31.3 Å². The Morgan fingerprint density at radius 1 is 1.29 bits per heavy atom. The molecule has 0 unspecified atom stereocenters. The molecule has 124 valence electrons. The van der Waals surface area contributed by atoms with Gasteiger partial charge in [-0.1, -0.05) is 20.8 Å². The predicted molar refractivity (Wildman–Crippen MR) is 81.0 cm³/mol. The van der Waals surface area contributed by atoms with Gasteiger partial charge in [0.15, 0.2) is 22.7 Å². The zero-order valence-electron chi connectivity index (χ0n) is 12.9. The van der Waals surface area contributed by atoms with Crippen LogP contribution in [0, 0.1) is 26.9 Å². The van der Waals surface area contributed by atoms with Gasteiger partial charge < -0.3 is 13.9 Å². The SMILES string of the molecule is CC(C)(C)C(=O)C(C#N)=C(O)c1cc2oc(=O)oc2cc1[N+](=O)[O-]. The van der Waals surface area contributed by atoms with Gasteiger partial charge in [-0.25, -0.2) is 4.79 Å². The van der Waals surface area contributed by atoms with Crippen LogP contribution in [-0.4, -0.2) is 15.8 Å². The van der Waals surface area contributed by atoms with E-state index in [1.807, 2.05) is 0 Å². The number of fused-ring (bicyclic) bond motifs is 1. The Kier molecular flexibility index (Phi) is 4.00. The first-order valence-corrected chi connectivity index (χ1v) is 6.67. The number of nitrogens with zero attached hydrogens (tertiary/aromatic N) is 2. The number of Topliss-reactive ketones (excluding diaryl/α,β-unsaturated/α-hetero) is 1. The van der Waals surface area contributed by atoms with Crippen molar-refractivity contribution in [3.05, 3.63) is 44.0 Å². The lowest BCUT2D eigenvalue weighted by atomic mass is 9.85. The Labute approximate surface area is 134 Å². The Balaban J connectivity index is 2.82. The lowest BCUT2D eigenvalue weighted by Gasteiger charge is -2.16. The highest BCUT2D eigenvalue weighted by atomic mass is 16.6. The van der Waals surface area contributed by atoms with E-state index in [1.165, 1.54) is 20.8 Å². The molecule has 2 aromatic rings. The second kappa shape index (κ2) is 5.66. The molecule has 1 aromatic carbocycles. The molecule has 9 heteroatoms. The van der Waals surface area contributed by atoms with Gasteiger partial charge in [0.1, 0.15) is 11.6 Å². The molecule has 1 aromatic heterocycles. The number of benzene rings is 1. The molecule has 0 bridgehead atoms. The van der Waals surface area contributed by atoms with Crippen molar-refractivity contribution in [3.8, 4) is 6.07 Å². The van der Waals surface area contributed by atoms with Gasteiger partial charge in [-0.15, -0.1) is 0 Å². The Morgan fingerprint density at radius 2 is 1.83 bits per heavy atom. The number of carbonyl (C=O) groups excluding carboxylic acids is 1. The van der Waals surface area contributed by atoms with Gasteiger partial charge in [-0.2, -0.15) is 5.26 Å². The number of nitriles is 1. The first-order valence-electron chi connectivity index (χ1n) is 6.67. The van der Waals surface area contributed by atoms with E-state index in [4.69, 9.17) is 0 Å². The van der Waals surface area contributed by atoms with Crippen molar-refractivity contribution in [2.24, 2.45) is 5.41 Å². The van der Waals surface area contributed by atoms with Crippen LogP contribution in [0.2, 0.25) is 0 Å². The van der Waals surface area contributed by atoms with Crippen LogP contribution >= 0.6 is 0 Å². The Morgan fingerprint density at radius 3 is 2.29 bits per heavy atom. The second-order valence-electron chi connectivity index (χ2n) is 5.94. The van der Waals surface area contributed by atoms with Crippen LogP contribution in [0.25, 0.3) is 16.9 Å². The highest BCUT2D eigenvalue weighted by molar-refractivity contribution is 6.08. The molecule has 0 saturated heterocycles. The van der Waals surface area contributed by atoms with Crippen LogP contribution < -0.4 is 5.82 Å². The Bertz CT molecular complexity index is 980. The van der Waals surface area contributed by atoms with Crippen molar-refractivity contribution in [3.63, 3.8) is 0 Å². The summed E-state index contributed by atoms with van der Waals surface area (Å²) < 4.78 is 9.31. The van der Waals surface area contributed by atoms with Gasteiger partial charge in [-0.05, 0) is 0 Å². The average molecular weight is 332 g/mol. The lowest BCUT2D eigenvalue weighted by molar-refractivity contribution is -0.385. The van der Waals surface area contributed by atoms with Gasteiger partial charge in [0, 0.05) is 11.5 Å². The van der Waals surface area contributed by atoms with Crippen molar-refractivity contribution in [2.75, 3.05) is 0 Å². The van der Waals surface area contributed by atoms with Crippen LogP contribution in [0.1, 0.15) is 26.3 Å². The molecule has 24 heavy (non-hydrogen) atoms. The summed E-state index contributed by atoms with van der Waals surface area (Å²) in [5.74, 6) is -2.63. The number of ketones is 1. The van der Waals surface area contributed by atoms with Crippen LogP contribution in [-0.2, 0) is 4.79 Å². The molecule has 0 aliphatic heterocycles. The first kappa shape index (κ1) is 17.0. The molecule has 2 rings (SSSR count). The number of hydrogen-bond donors (Lipinski definition) is 1. The molecule has 1 N–H and O–H groups in total. The fourth-order valence-corrected chi connectivity index (χ4v) is 1.97. The fourth-order valence-electron chi connectivity index (χ4n) is 1.97. The summed E-state index contributed by atoms with van der Waals surface area (Å²) in [6, 6.07) is 3.42. The van der Waals surface area contributed by atoms with Gasteiger partial charge in [0.05, 0.1) is 16.6 Å². The zero-order valence-corrected chi connectivity index (χ0v) is 12.9. The molecule has 0 aliphatic rings. The maximum absolute atomic E-state index is 12.3. The van der Waals surface area contributed by atoms with Crippen molar-refractivity contribution >= 4 is 28.4 Å². The van der Waals surface area contributed by atoms with E-state index in [1.54, 1.807) is 6.07 Å². The third-order valence-electron chi connectivity index (χ3n) is 3.16. The molecule has 0 radical (unpaired) electrons. The highest BCUT2D eigenvalue weighted by Crippen LogP contribution is 2.33. The van der Waals surface area contributed by atoms with Gasteiger partial charge in [-0.3, -0.25) is 14.9 Å². The quantitative estimate of drug-likeness (QED) is 0.296. The van der Waals surface area contributed by atoms with E-state index >= 15 is 0 Å². The normalized spacial score (nSPS) is 12.6. The second-order valence-corrected chi connectivity index (χ2v) is 5.94. The summed E-state index contributed by atoms with van der Waals surface area (Å²) in [6.07, 6.45) is 0. The minimum atomic E-state index is -1.08. The monoisotopic (exact) mass is 332 g/mol. The van der Waals surface area contributed by atoms with Crippen molar-refractivity contribution in [1.29, 1.82) is 5.26 Å². The molecular formula is C15H12N2O7. The minimum Gasteiger partial charge on any atom is -0.506 e. The number of allylic oxidation sites excluding steroid dienone is 1. The molecule has 0 atom stereocenters. The summed E-state index contributed by atoms with van der Waals surface area (Å²) in [4.78, 5) is 33.7. The molecule has 1 heterocycles. The van der Waals surface area contributed by atoms with Crippen molar-refractivity contribution in [2.45, 2.75) is 20.8 Å². The number of rotatable bonds is 3. The average Bonchev–Trinajstić information content (AvgIpc) is 2.84. The van der Waals surface area contributed by atoms with E-state index in [9.17, 15) is 30.1 Å². The van der Waals surface area contributed by atoms with Gasteiger partial charge >= 0.3 is 5.82 Å². The minimum absolute atomic E-state index is 0.160. The largest absolute Gasteiger partial charge is 0.519 e. The Hall–Kier alpha value is -3.41. The third kappa shape index (κ3) is 2.89. The topological polar surface area (TPSA) is 148 Å². The smallest absolute Gasteiger partial charge is 0.506 e. The van der Waals surface area contributed by atoms with Gasteiger partial charge in [0.2, 0.25) is 0 Å². The zero-order chi connectivity index (χ0) is 18.2. The van der Waals surface area contributed by atoms with Crippen LogP contribution in [0.3, 0.4) is 0 Å². The maximum Gasteiger partial charge on any atom is 0.519 e. The highest BCUT2D eigenvalue weighted by Gasteiger charge is 2.31. The van der Waals surface area contributed by atoms with E-state index in [-0.39, 0.29) is 11.2 Å². The summed E-state index contributed by atoms with van der Waals surface area (Å²) in [5.41, 5.74) is -3.03. The molecule has 0 fully saturated rings. The number of nitro groups is 1. The van der Waals surface area contributed by atoms with E-state index in [2.05, 4.69) is 8.83 Å². The van der Waals surface area contributed by atoms with E-state index in [0.717, 1.165) is 12.1 Å². The number of aliphatic hydroxyl groups is 1. The maximum atomic E-state index is 12.3. The number of aliphatic hydroxyl groups excluding tert-OH is 1. The van der Waals surface area contributed by atoms with Crippen LogP contribution in [0.5, 0.6) is 0 Å². The number of hydrogen-bond acceptors (Lipinski definition) is 8. The lowest BCUT2D eigenvalue weighted by Crippen LogP contribution is -2.22. The molecule has 9 nitrogen and oxygen atoms in total. The summed E-state index contributed by atoms with van der Waals surface area (Å²) in [5, 5.41) is 30.7. The van der Waals surface area contributed by atoms with Crippen molar-refractivity contribution in [1.82, 2.24) is 0 Å². The standard InChI is InChI=1S/C15H12N2O7/c1-15(2,3)13(19)8(6-16)12(18)7-4-10-11(24-14(20)23-10)5-9(7)17(21)22/h4-5,18H,1-3H3. The first-order chi connectivity index (χ1) is 11.1. The molecule has 0 aliphatic carbocycles. The molecule has 0 saturated carbocycles. The fraction of sp³-hybridized carbons (Fsp3) is 0.267. The molecular weight excluding hydrogens is 320 g/mol. The summed E-state index contributed by atoms with van der Waals surface area (Å²) >= 11 is 0. The van der Waals surface area contributed by atoms with E-state index in [0.29, 0.717) is 0 Å². The number of carbonyl (C=O) groups is 1. The van der Waals surface area contributed by atoms with Crippen LogP contribution in [0.4, 0.5) is 5.69 Å². The molecule has 0 amide bonds. The van der Waals surface area contributed by atoms with Crippen molar-refractivity contribution < 1.29 is 23.7 Å². The third-order valence-corrected chi connectivity index (χ3v) is 3.16. The number of nitro benzene ring substituents is 1. The predicted octanol–water partition coefficient (Wildman–Crippen LogP) is 2.70. The summed E-state index contributed by atoms with van der Waals surface area (Å²) in [7, 11) is 0.